The van der Waals surface area contributed by atoms with Crippen LogP contribution in [0.1, 0.15) is 6.92 Å². The predicted molar refractivity (Wildman–Crippen MR) is 45.9 cm³/mol. The Bertz CT molecular complexity index is 130. The molecule has 4 heteroatoms. The molecule has 0 heterocycles. The van der Waals surface area contributed by atoms with Gasteiger partial charge in [0.15, 0.2) is 0 Å². The Hall–Kier alpha value is 0.950. The monoisotopic (exact) mass is 160 g/mol. The normalized spacial score (nSPS) is 8.90. The number of carboxylic acid groups (broad SMARTS) is 1. The third-order valence-corrected chi connectivity index (χ3v) is 0.542. The molecule has 0 spiro atoms. The molecular formula is C6H10Na2O2. The molecule has 0 radical (unpaired) electrons. The zero-order chi connectivity index (χ0) is 6.41. The van der Waals surface area contributed by atoms with Crippen LogP contribution in [0, 0.1) is 0 Å². The van der Waals surface area contributed by atoms with Crippen LogP contribution in [-0.2, 0) is 4.79 Å². The molecular weight excluding hydrogens is 150 g/mol. The summed E-state index contributed by atoms with van der Waals surface area (Å²) in [6, 6.07) is 0. The van der Waals surface area contributed by atoms with Gasteiger partial charge in [-0.3, -0.25) is 0 Å². The molecule has 0 amide bonds. The number of hydrogen-bond donors (Lipinski definition) is 1. The van der Waals surface area contributed by atoms with Gasteiger partial charge in [0.2, 0.25) is 0 Å². The SMILES string of the molecule is C/C=C/C=C/C(=O)O.[NaH].[NaH]. The Morgan fingerprint density at radius 1 is 1.30 bits per heavy atom. The Labute approximate surface area is 105 Å². The molecule has 48 valence electrons. The topological polar surface area (TPSA) is 37.3 Å². The fraction of sp³-hybridized carbons (Fsp3) is 0.167. The Morgan fingerprint density at radius 3 is 2.10 bits per heavy atom. The van der Waals surface area contributed by atoms with Crippen molar-refractivity contribution < 1.29 is 9.90 Å². The summed E-state index contributed by atoms with van der Waals surface area (Å²) in [5, 5.41) is 8.02. The van der Waals surface area contributed by atoms with Crippen LogP contribution in [0.2, 0.25) is 0 Å². The Morgan fingerprint density at radius 2 is 1.80 bits per heavy atom. The van der Waals surface area contributed by atoms with Crippen LogP contribution in [0.5, 0.6) is 0 Å². The first-order valence-electron chi connectivity index (χ1n) is 2.29. The van der Waals surface area contributed by atoms with Gasteiger partial charge < -0.3 is 5.11 Å². The summed E-state index contributed by atoms with van der Waals surface area (Å²) >= 11 is 0. The molecule has 0 fully saturated rings. The van der Waals surface area contributed by atoms with Crippen molar-refractivity contribution >= 4 is 65.1 Å². The average Bonchev–Trinajstić information content (AvgIpc) is 1.66. The van der Waals surface area contributed by atoms with Crippen molar-refractivity contribution in [3.63, 3.8) is 0 Å². The van der Waals surface area contributed by atoms with Crippen molar-refractivity contribution in [2.45, 2.75) is 6.92 Å². The van der Waals surface area contributed by atoms with E-state index in [1.165, 1.54) is 6.08 Å². The third kappa shape index (κ3) is 16.0. The molecule has 0 aromatic rings. The van der Waals surface area contributed by atoms with Gasteiger partial charge in [0.25, 0.3) is 0 Å². The van der Waals surface area contributed by atoms with Crippen LogP contribution in [0.15, 0.2) is 24.3 Å². The van der Waals surface area contributed by atoms with Gasteiger partial charge in [-0.15, -0.1) is 0 Å². The van der Waals surface area contributed by atoms with Crippen molar-refractivity contribution in [3.05, 3.63) is 24.3 Å². The summed E-state index contributed by atoms with van der Waals surface area (Å²) in [7, 11) is 0. The van der Waals surface area contributed by atoms with Crippen molar-refractivity contribution in [1.82, 2.24) is 0 Å². The first-order valence-corrected chi connectivity index (χ1v) is 2.29. The number of allylic oxidation sites excluding steroid dienone is 3. The molecule has 0 atom stereocenters. The first kappa shape index (κ1) is 17.2. The minimum absolute atomic E-state index is 0. The number of rotatable bonds is 2. The standard InChI is InChI=1S/C6H8O2.2Na.2H/c1-2-3-4-5-6(7)8;;;;/h2-5H,1H3,(H,7,8);;;;/b3-2+,5-4+;;;;. The predicted octanol–water partition coefficient (Wildman–Crippen LogP) is -0.0937. The molecule has 2 nitrogen and oxygen atoms in total. The molecule has 10 heavy (non-hydrogen) atoms. The Balaban J connectivity index is -0.000000245. The van der Waals surface area contributed by atoms with Crippen LogP contribution in [0.4, 0.5) is 0 Å². The summed E-state index contributed by atoms with van der Waals surface area (Å²) in [5.41, 5.74) is 0. The van der Waals surface area contributed by atoms with Crippen LogP contribution >= 0.6 is 0 Å². The summed E-state index contributed by atoms with van der Waals surface area (Å²) in [6.07, 6.45) is 5.98. The molecule has 0 unspecified atom stereocenters. The van der Waals surface area contributed by atoms with E-state index in [0.717, 1.165) is 6.08 Å². The molecule has 0 rings (SSSR count). The number of carbonyl (C=O) groups is 1. The van der Waals surface area contributed by atoms with E-state index in [-0.39, 0.29) is 59.1 Å². The number of carboxylic acids is 1. The van der Waals surface area contributed by atoms with Crippen molar-refractivity contribution in [2.24, 2.45) is 0 Å². The average molecular weight is 160 g/mol. The van der Waals surface area contributed by atoms with E-state index in [1.54, 1.807) is 12.2 Å². The fourth-order valence-electron chi connectivity index (χ4n) is 0.249. The number of aliphatic carboxylic acids is 1. The molecule has 0 bridgehead atoms. The maximum atomic E-state index is 9.75. The van der Waals surface area contributed by atoms with Crippen molar-refractivity contribution in [3.8, 4) is 0 Å². The molecule has 0 aliphatic carbocycles. The van der Waals surface area contributed by atoms with Gasteiger partial charge >= 0.3 is 65.1 Å². The Kier molecular flexibility index (Phi) is 21.6. The maximum absolute atomic E-state index is 9.75. The van der Waals surface area contributed by atoms with E-state index in [2.05, 4.69) is 0 Å². The second-order valence-corrected chi connectivity index (χ2v) is 1.22. The van der Waals surface area contributed by atoms with E-state index >= 15 is 0 Å². The fourth-order valence-corrected chi connectivity index (χ4v) is 0.249. The van der Waals surface area contributed by atoms with Crippen LogP contribution in [0.3, 0.4) is 0 Å². The van der Waals surface area contributed by atoms with Gasteiger partial charge in [0.1, 0.15) is 0 Å². The molecule has 0 aromatic heterocycles. The van der Waals surface area contributed by atoms with Gasteiger partial charge in [0.05, 0.1) is 0 Å². The molecule has 0 aliphatic rings. The van der Waals surface area contributed by atoms with E-state index < -0.39 is 5.97 Å². The van der Waals surface area contributed by atoms with E-state index in [0.29, 0.717) is 0 Å². The second-order valence-electron chi connectivity index (χ2n) is 1.22. The molecule has 0 aromatic carbocycles. The van der Waals surface area contributed by atoms with Crippen LogP contribution < -0.4 is 0 Å². The zero-order valence-corrected chi connectivity index (χ0v) is 4.66. The van der Waals surface area contributed by atoms with Gasteiger partial charge in [-0.05, 0) is 6.92 Å². The van der Waals surface area contributed by atoms with Gasteiger partial charge in [-0.25, -0.2) is 4.79 Å². The quantitative estimate of drug-likeness (QED) is 0.348. The zero-order valence-electron chi connectivity index (χ0n) is 4.66. The summed E-state index contributed by atoms with van der Waals surface area (Å²) in [4.78, 5) is 9.75. The van der Waals surface area contributed by atoms with E-state index in [9.17, 15) is 4.79 Å². The van der Waals surface area contributed by atoms with Crippen molar-refractivity contribution in [2.75, 3.05) is 0 Å². The van der Waals surface area contributed by atoms with E-state index in [1.807, 2.05) is 6.92 Å². The van der Waals surface area contributed by atoms with Crippen LogP contribution in [0.25, 0.3) is 0 Å². The van der Waals surface area contributed by atoms with Crippen LogP contribution in [-0.4, -0.2) is 70.2 Å². The van der Waals surface area contributed by atoms with Gasteiger partial charge in [-0.1, -0.05) is 18.2 Å². The third-order valence-electron chi connectivity index (χ3n) is 0.542. The number of hydrogen-bond acceptors (Lipinski definition) is 1. The summed E-state index contributed by atoms with van der Waals surface area (Å²) in [5.74, 6) is -0.914. The minimum atomic E-state index is -0.914. The van der Waals surface area contributed by atoms with Gasteiger partial charge in [-0.2, -0.15) is 0 Å². The van der Waals surface area contributed by atoms with Gasteiger partial charge in [0, 0.05) is 6.08 Å². The van der Waals surface area contributed by atoms with Crippen molar-refractivity contribution in [1.29, 1.82) is 0 Å². The summed E-state index contributed by atoms with van der Waals surface area (Å²) < 4.78 is 0. The molecule has 1 N–H and O–H groups in total. The first-order chi connectivity index (χ1) is 3.77. The molecule has 0 saturated heterocycles. The van der Waals surface area contributed by atoms with E-state index in [4.69, 9.17) is 5.11 Å². The molecule has 0 aliphatic heterocycles. The summed E-state index contributed by atoms with van der Waals surface area (Å²) in [6.45, 7) is 1.83. The molecule has 0 saturated carbocycles. The second kappa shape index (κ2) is 12.6.